The highest BCUT2D eigenvalue weighted by Gasteiger charge is 2.23. The minimum absolute atomic E-state index is 0.0792. The first-order valence-electron chi connectivity index (χ1n) is 6.80. The Hall–Kier alpha value is -2.57. The quantitative estimate of drug-likeness (QED) is 0.915. The maximum absolute atomic E-state index is 11.2. The summed E-state index contributed by atoms with van der Waals surface area (Å²) in [6.07, 6.45) is 1.93. The Kier molecular flexibility index (Phi) is 2.77. The molecule has 2 aliphatic heterocycles. The van der Waals surface area contributed by atoms with Gasteiger partial charge in [-0.1, -0.05) is 5.16 Å². The maximum Gasteiger partial charge on any atom is 0.231 e. The van der Waals surface area contributed by atoms with Gasteiger partial charge in [0.15, 0.2) is 11.5 Å². The van der Waals surface area contributed by atoms with Gasteiger partial charge in [0.05, 0.1) is 0 Å². The van der Waals surface area contributed by atoms with Crippen LogP contribution in [-0.2, 0) is 11.2 Å². The van der Waals surface area contributed by atoms with E-state index in [1.54, 1.807) is 0 Å². The fourth-order valence-electron chi connectivity index (χ4n) is 2.53. The van der Waals surface area contributed by atoms with E-state index in [0.717, 1.165) is 17.7 Å². The largest absolute Gasteiger partial charge is 0.454 e. The number of hydrogen-bond donors (Lipinski definition) is 1. The van der Waals surface area contributed by atoms with Gasteiger partial charge in [-0.05, 0) is 24.6 Å². The van der Waals surface area contributed by atoms with Crippen molar-refractivity contribution in [3.05, 3.63) is 24.1 Å². The lowest BCUT2D eigenvalue weighted by Gasteiger charge is -2.04. The van der Waals surface area contributed by atoms with E-state index < -0.39 is 0 Å². The van der Waals surface area contributed by atoms with Crippen molar-refractivity contribution in [2.24, 2.45) is 0 Å². The van der Waals surface area contributed by atoms with E-state index in [9.17, 15) is 4.79 Å². The van der Waals surface area contributed by atoms with Crippen molar-refractivity contribution in [3.63, 3.8) is 0 Å². The maximum atomic E-state index is 11.2. The lowest BCUT2D eigenvalue weighted by Crippen LogP contribution is -2.27. The van der Waals surface area contributed by atoms with Crippen LogP contribution in [-0.4, -0.2) is 28.9 Å². The van der Waals surface area contributed by atoms with Gasteiger partial charge < -0.3 is 19.3 Å². The monoisotopic (exact) mass is 287 g/mol. The summed E-state index contributed by atoms with van der Waals surface area (Å²) in [4.78, 5) is 15.5. The second-order valence-electron chi connectivity index (χ2n) is 5.09. The second-order valence-corrected chi connectivity index (χ2v) is 5.09. The highest BCUT2D eigenvalue weighted by Crippen LogP contribution is 2.35. The Bertz CT molecular complexity index is 697. The molecule has 1 atom stereocenters. The van der Waals surface area contributed by atoms with E-state index in [0.29, 0.717) is 30.3 Å². The zero-order chi connectivity index (χ0) is 14.2. The lowest BCUT2D eigenvalue weighted by molar-refractivity contribution is -0.119. The predicted octanol–water partition coefficient (Wildman–Crippen LogP) is 1.29. The van der Waals surface area contributed by atoms with Crippen molar-refractivity contribution in [2.75, 3.05) is 6.79 Å². The molecule has 2 aromatic rings. The van der Waals surface area contributed by atoms with Gasteiger partial charge in [-0.25, -0.2) is 0 Å². The zero-order valence-corrected chi connectivity index (χ0v) is 11.2. The molecular weight excluding hydrogens is 274 g/mol. The van der Waals surface area contributed by atoms with Crippen molar-refractivity contribution >= 4 is 5.91 Å². The Morgan fingerprint density at radius 1 is 1.29 bits per heavy atom. The molecule has 0 bridgehead atoms. The topological polar surface area (TPSA) is 86.5 Å². The third-order valence-electron chi connectivity index (χ3n) is 3.60. The van der Waals surface area contributed by atoms with E-state index in [4.69, 9.17) is 14.0 Å². The molecular formula is C14H13N3O4. The molecule has 1 fully saturated rings. The van der Waals surface area contributed by atoms with Crippen LogP contribution in [0.25, 0.3) is 11.4 Å². The first-order chi connectivity index (χ1) is 10.3. The summed E-state index contributed by atoms with van der Waals surface area (Å²) in [5.41, 5.74) is 0.810. The lowest BCUT2D eigenvalue weighted by atomic mass is 10.1. The molecule has 108 valence electrons. The van der Waals surface area contributed by atoms with Crippen LogP contribution < -0.4 is 14.8 Å². The summed E-state index contributed by atoms with van der Waals surface area (Å²) >= 11 is 0. The summed E-state index contributed by atoms with van der Waals surface area (Å²) in [5, 5.41) is 6.86. The number of rotatable bonds is 3. The van der Waals surface area contributed by atoms with E-state index >= 15 is 0 Å². The molecule has 7 heteroatoms. The van der Waals surface area contributed by atoms with Crippen LogP contribution in [0.5, 0.6) is 11.5 Å². The van der Waals surface area contributed by atoms with Crippen molar-refractivity contribution in [1.29, 1.82) is 0 Å². The molecule has 1 aromatic carbocycles. The Morgan fingerprint density at radius 2 is 2.19 bits per heavy atom. The van der Waals surface area contributed by atoms with E-state index in [1.807, 2.05) is 18.2 Å². The summed E-state index contributed by atoms with van der Waals surface area (Å²) < 4.78 is 15.8. The molecule has 0 spiro atoms. The molecule has 1 saturated heterocycles. The van der Waals surface area contributed by atoms with Crippen LogP contribution in [0, 0.1) is 0 Å². The molecule has 0 radical (unpaired) electrons. The number of fused-ring (bicyclic) bond motifs is 1. The van der Waals surface area contributed by atoms with E-state index in [1.165, 1.54) is 0 Å². The summed E-state index contributed by atoms with van der Waals surface area (Å²) in [6, 6.07) is 5.60. The molecule has 2 aliphatic rings. The van der Waals surface area contributed by atoms with Gasteiger partial charge >= 0.3 is 0 Å². The number of aromatic nitrogens is 2. The smallest absolute Gasteiger partial charge is 0.231 e. The Labute approximate surface area is 120 Å². The number of carbonyl (C=O) groups is 1. The predicted molar refractivity (Wildman–Crippen MR) is 70.7 cm³/mol. The van der Waals surface area contributed by atoms with Gasteiger partial charge in [0, 0.05) is 24.4 Å². The Morgan fingerprint density at radius 3 is 3.05 bits per heavy atom. The van der Waals surface area contributed by atoms with Crippen LogP contribution in [0.2, 0.25) is 0 Å². The molecule has 7 nitrogen and oxygen atoms in total. The first-order valence-corrected chi connectivity index (χ1v) is 6.80. The average molecular weight is 287 g/mol. The molecule has 1 aromatic heterocycles. The minimum Gasteiger partial charge on any atom is -0.454 e. The van der Waals surface area contributed by atoms with E-state index in [-0.39, 0.29) is 18.7 Å². The van der Waals surface area contributed by atoms with Gasteiger partial charge in [0.1, 0.15) is 0 Å². The number of hydrogen-bond acceptors (Lipinski definition) is 6. The van der Waals surface area contributed by atoms with Crippen LogP contribution in [0.15, 0.2) is 22.7 Å². The second kappa shape index (κ2) is 4.76. The van der Waals surface area contributed by atoms with Crippen LogP contribution in [0.1, 0.15) is 18.7 Å². The number of nitrogens with zero attached hydrogens (tertiary/aromatic N) is 2. The highest BCUT2D eigenvalue weighted by molar-refractivity contribution is 5.78. The number of amides is 1. The summed E-state index contributed by atoms with van der Waals surface area (Å²) in [6.45, 7) is 0.234. The summed E-state index contributed by atoms with van der Waals surface area (Å²) in [5.74, 6) is 2.51. The highest BCUT2D eigenvalue weighted by atomic mass is 16.7. The van der Waals surface area contributed by atoms with Gasteiger partial charge in [0.25, 0.3) is 0 Å². The molecule has 1 unspecified atom stereocenters. The van der Waals surface area contributed by atoms with Crippen molar-refractivity contribution in [2.45, 2.75) is 25.3 Å². The molecule has 0 aliphatic carbocycles. The molecule has 4 rings (SSSR count). The van der Waals surface area contributed by atoms with Crippen LogP contribution in [0.3, 0.4) is 0 Å². The number of nitrogens with one attached hydrogen (secondary N) is 1. The number of carbonyl (C=O) groups excluding carboxylic acids is 1. The van der Waals surface area contributed by atoms with Crippen molar-refractivity contribution in [1.82, 2.24) is 15.5 Å². The van der Waals surface area contributed by atoms with Crippen molar-refractivity contribution < 1.29 is 18.8 Å². The SMILES string of the molecule is O=C1CCC(Cc2nc(-c3ccc4c(c3)OCO4)no2)N1. The van der Waals surface area contributed by atoms with Gasteiger partial charge in [-0.15, -0.1) is 0 Å². The Balaban J connectivity index is 1.52. The molecule has 0 saturated carbocycles. The van der Waals surface area contributed by atoms with Crippen LogP contribution in [0.4, 0.5) is 0 Å². The van der Waals surface area contributed by atoms with Crippen molar-refractivity contribution in [3.8, 4) is 22.9 Å². The van der Waals surface area contributed by atoms with Gasteiger partial charge in [0.2, 0.25) is 24.4 Å². The average Bonchev–Trinajstić information content (AvgIpc) is 3.19. The third kappa shape index (κ3) is 2.31. The molecule has 21 heavy (non-hydrogen) atoms. The van der Waals surface area contributed by atoms with Gasteiger partial charge in [-0.3, -0.25) is 4.79 Å². The fourth-order valence-corrected chi connectivity index (χ4v) is 2.53. The first kappa shape index (κ1) is 12.2. The number of benzene rings is 1. The molecule has 1 amide bonds. The minimum atomic E-state index is 0.0792. The van der Waals surface area contributed by atoms with Crippen LogP contribution >= 0.6 is 0 Å². The molecule has 3 heterocycles. The fraction of sp³-hybridized carbons (Fsp3) is 0.357. The summed E-state index contributed by atoms with van der Waals surface area (Å²) in [7, 11) is 0. The van der Waals surface area contributed by atoms with Gasteiger partial charge in [-0.2, -0.15) is 4.98 Å². The molecule has 1 N–H and O–H groups in total. The zero-order valence-electron chi connectivity index (χ0n) is 11.2. The number of ether oxygens (including phenoxy) is 2. The third-order valence-corrected chi connectivity index (χ3v) is 3.60. The van der Waals surface area contributed by atoms with E-state index in [2.05, 4.69) is 15.5 Å². The normalized spacial score (nSPS) is 19.8. The standard InChI is InChI=1S/C14H13N3O4/c18-12-4-2-9(15-12)6-13-16-14(17-21-13)8-1-3-10-11(5-8)20-7-19-10/h1,3,5,9H,2,4,6-7H2,(H,15,18).